The van der Waals surface area contributed by atoms with Crippen LogP contribution < -0.4 is 16.0 Å². The van der Waals surface area contributed by atoms with Crippen LogP contribution in [0, 0.1) is 13.8 Å². The molecule has 3 aliphatic heterocycles. The van der Waals surface area contributed by atoms with Crippen LogP contribution in [0.2, 0.25) is 0 Å². The van der Waals surface area contributed by atoms with Gasteiger partial charge in [0.2, 0.25) is 0 Å². The van der Waals surface area contributed by atoms with Gasteiger partial charge in [-0.1, -0.05) is 6.92 Å². The highest BCUT2D eigenvalue weighted by Gasteiger charge is 2.27. The molecule has 0 radical (unpaired) electrons. The molecule has 5 heterocycles. The number of nitrogens with one attached hydrogen (secondary N) is 2. The zero-order chi connectivity index (χ0) is 32.6. The second-order valence-electron chi connectivity index (χ2n) is 11.6. The van der Waals surface area contributed by atoms with E-state index >= 15 is 0 Å². The largest absolute Gasteiger partial charge is 0.469 e. The Morgan fingerprint density at radius 1 is 0.956 bits per heavy atom. The van der Waals surface area contributed by atoms with Gasteiger partial charge in [0, 0.05) is 58.3 Å². The fourth-order valence-corrected chi connectivity index (χ4v) is 6.52. The first-order valence-electron chi connectivity index (χ1n) is 15.3. The van der Waals surface area contributed by atoms with E-state index in [0.717, 1.165) is 63.9 Å². The Morgan fingerprint density at radius 2 is 1.62 bits per heavy atom. The minimum Gasteiger partial charge on any atom is -0.469 e. The number of methoxy groups -OCH3 is 2. The monoisotopic (exact) mass is 612 g/mol. The molecule has 2 N–H and O–H groups in total. The molecule has 3 aliphatic rings. The van der Waals surface area contributed by atoms with Crippen LogP contribution in [0.3, 0.4) is 0 Å². The zero-order valence-electron chi connectivity index (χ0n) is 27.0. The number of nitrogens with zero attached hydrogens (tertiary/aromatic N) is 2. The maximum Gasteiger partial charge on any atom is 0.305 e. The summed E-state index contributed by atoms with van der Waals surface area (Å²) in [4.78, 5) is 56.7. The van der Waals surface area contributed by atoms with Gasteiger partial charge in [0.05, 0.1) is 19.9 Å². The molecular formula is C35H40N4O6. The van der Waals surface area contributed by atoms with E-state index in [4.69, 9.17) is 9.47 Å². The first-order chi connectivity index (χ1) is 21.5. The van der Waals surface area contributed by atoms with E-state index in [9.17, 15) is 19.2 Å². The van der Waals surface area contributed by atoms with Crippen molar-refractivity contribution in [1.29, 1.82) is 0 Å². The van der Waals surface area contributed by atoms with Crippen LogP contribution in [0.15, 0.2) is 33.0 Å². The predicted molar refractivity (Wildman–Crippen MR) is 172 cm³/mol. The molecule has 0 aromatic carbocycles. The van der Waals surface area contributed by atoms with Gasteiger partial charge in [-0.2, -0.15) is 0 Å². The quantitative estimate of drug-likeness (QED) is 0.419. The standard InChI is InChI=1S/C35H40N4O6/c1-8-22-21(5)30-17-29-23(18(2)26(36-29)15-27-19(3)24(34(42)37-27)9-11-32(40)44-6)13-14-39(30)31(22)16-28-20(4)25(35(43)38-28)10-12-33(41)45-7/h15-17,36H,8-14H2,1-7H3,(H,37,42)/b27-15-,31-16-. The maximum atomic E-state index is 12.7. The molecule has 5 rings (SSSR count). The number of rotatable bonds is 9. The minimum atomic E-state index is -0.352. The number of amides is 2. The van der Waals surface area contributed by atoms with Crippen molar-refractivity contribution in [3.8, 4) is 0 Å². The molecule has 236 valence electrons. The lowest BCUT2D eigenvalue weighted by Crippen LogP contribution is -2.29. The third kappa shape index (κ3) is 5.89. The predicted octanol–water partition coefficient (Wildman–Crippen LogP) is 3.15. The van der Waals surface area contributed by atoms with E-state index in [1.165, 1.54) is 30.9 Å². The van der Waals surface area contributed by atoms with Crippen molar-refractivity contribution >= 4 is 47.7 Å². The topological polar surface area (TPSA) is 132 Å². The van der Waals surface area contributed by atoms with Gasteiger partial charge in [-0.3, -0.25) is 19.2 Å². The highest BCUT2D eigenvalue weighted by Crippen LogP contribution is 2.29. The number of hydrogen-bond donors (Lipinski definition) is 2. The number of H-pyrrole nitrogens is 1. The van der Waals surface area contributed by atoms with E-state index in [2.05, 4.69) is 46.7 Å². The van der Waals surface area contributed by atoms with Gasteiger partial charge >= 0.3 is 11.9 Å². The van der Waals surface area contributed by atoms with Gasteiger partial charge in [-0.05, 0) is 105 Å². The number of fused-ring (bicyclic) bond motifs is 2. The molecule has 0 saturated carbocycles. The van der Waals surface area contributed by atoms with Crippen molar-refractivity contribution < 1.29 is 28.7 Å². The molecule has 2 aromatic rings. The molecule has 0 atom stereocenters. The van der Waals surface area contributed by atoms with Gasteiger partial charge < -0.3 is 24.3 Å². The number of ether oxygens (including phenoxy) is 2. The van der Waals surface area contributed by atoms with Crippen molar-refractivity contribution in [3.05, 3.63) is 72.3 Å². The van der Waals surface area contributed by atoms with E-state index in [1.807, 2.05) is 26.0 Å². The maximum absolute atomic E-state index is 12.7. The summed E-state index contributed by atoms with van der Waals surface area (Å²) < 4.78 is 11.8. The summed E-state index contributed by atoms with van der Waals surface area (Å²) >= 11 is 0. The molecule has 2 amide bonds. The lowest BCUT2D eigenvalue weighted by atomic mass is 10.0. The summed E-state index contributed by atoms with van der Waals surface area (Å²) in [5.74, 6) is -1.17. The number of allylic oxidation sites excluding steroid dienone is 2. The SMILES string of the molecule is CCc1c(C)c2n(/c1=C\C1=NC(=O)C(CCC(=O)OC)=C1C)CCc1c([nH]c(/C=C3\NC(=O)C(CCC(=O)OC)=C3C)c1C)C=2. The molecule has 0 saturated heterocycles. The fraction of sp³-hybridized carbons (Fsp3) is 0.400. The highest BCUT2D eigenvalue weighted by atomic mass is 16.5. The second-order valence-corrected chi connectivity index (χ2v) is 11.6. The van der Waals surface area contributed by atoms with E-state index in [1.54, 1.807) is 0 Å². The van der Waals surface area contributed by atoms with E-state index in [-0.39, 0.29) is 36.6 Å². The van der Waals surface area contributed by atoms with Crippen LogP contribution >= 0.6 is 0 Å². The molecule has 10 heteroatoms. The van der Waals surface area contributed by atoms with Gasteiger partial charge in [-0.25, -0.2) is 4.99 Å². The average Bonchev–Trinajstić information content (AvgIpc) is 3.59. The Balaban J connectivity index is 1.52. The average molecular weight is 613 g/mol. The Labute approximate surface area is 262 Å². The van der Waals surface area contributed by atoms with Crippen LogP contribution in [0.5, 0.6) is 0 Å². The van der Waals surface area contributed by atoms with Crippen LogP contribution in [0.4, 0.5) is 0 Å². The Kier molecular flexibility index (Phi) is 8.95. The molecule has 2 aromatic heterocycles. The van der Waals surface area contributed by atoms with Crippen molar-refractivity contribution in [3.63, 3.8) is 0 Å². The molecular weight excluding hydrogens is 572 g/mol. The molecule has 45 heavy (non-hydrogen) atoms. The molecule has 0 bridgehead atoms. The van der Waals surface area contributed by atoms with Gasteiger partial charge in [-0.15, -0.1) is 0 Å². The molecule has 0 unspecified atom stereocenters. The number of aromatic nitrogens is 2. The number of carbonyl (C=O) groups excluding carboxylic acids is 4. The first-order valence-corrected chi connectivity index (χ1v) is 15.3. The summed E-state index contributed by atoms with van der Waals surface area (Å²) in [5, 5.41) is 5.11. The third-order valence-corrected chi connectivity index (χ3v) is 9.27. The van der Waals surface area contributed by atoms with Crippen LogP contribution in [-0.4, -0.2) is 53.2 Å². The molecule has 10 nitrogen and oxygen atoms in total. The molecule has 0 spiro atoms. The minimum absolute atomic E-state index is 0.140. The summed E-state index contributed by atoms with van der Waals surface area (Å²) in [6, 6.07) is 0. The summed E-state index contributed by atoms with van der Waals surface area (Å²) in [7, 11) is 2.69. The molecule has 0 aliphatic carbocycles. The number of hydrogen-bond acceptors (Lipinski definition) is 6. The van der Waals surface area contributed by atoms with Crippen molar-refractivity contribution in [1.82, 2.24) is 14.9 Å². The van der Waals surface area contributed by atoms with Crippen molar-refractivity contribution in [2.24, 2.45) is 4.99 Å². The number of esters is 2. The lowest BCUT2D eigenvalue weighted by molar-refractivity contribution is -0.141. The van der Waals surface area contributed by atoms with Crippen LogP contribution in [0.25, 0.3) is 18.2 Å². The van der Waals surface area contributed by atoms with Gasteiger partial charge in [0.15, 0.2) is 0 Å². The van der Waals surface area contributed by atoms with Crippen LogP contribution in [-0.2, 0) is 48.0 Å². The first kappa shape index (κ1) is 31.7. The highest BCUT2D eigenvalue weighted by molar-refractivity contribution is 6.30. The summed E-state index contributed by atoms with van der Waals surface area (Å²) in [6.07, 6.45) is 8.71. The third-order valence-electron chi connectivity index (χ3n) is 9.27. The second kappa shape index (κ2) is 12.7. The Bertz CT molecular complexity index is 1890. The molecule has 0 fully saturated rings. The zero-order valence-corrected chi connectivity index (χ0v) is 27.0. The number of carbonyl (C=O) groups is 4. The van der Waals surface area contributed by atoms with Crippen molar-refractivity contribution in [2.45, 2.75) is 79.7 Å². The number of aliphatic imine (C=N–C) groups is 1. The summed E-state index contributed by atoms with van der Waals surface area (Å²) in [5.41, 5.74) is 10.8. The lowest BCUT2D eigenvalue weighted by Gasteiger charge is -2.06. The van der Waals surface area contributed by atoms with Gasteiger partial charge in [0.25, 0.3) is 11.8 Å². The normalized spacial score (nSPS) is 17.4. The smallest absolute Gasteiger partial charge is 0.305 e. The Morgan fingerprint density at radius 3 is 2.27 bits per heavy atom. The van der Waals surface area contributed by atoms with E-state index in [0.29, 0.717) is 29.7 Å². The fourth-order valence-electron chi connectivity index (χ4n) is 6.52. The van der Waals surface area contributed by atoms with Gasteiger partial charge in [0.1, 0.15) is 0 Å². The Hall–Kier alpha value is -4.73. The van der Waals surface area contributed by atoms with E-state index < -0.39 is 0 Å². The summed E-state index contributed by atoms with van der Waals surface area (Å²) in [6.45, 7) is 10.9. The van der Waals surface area contributed by atoms with Crippen molar-refractivity contribution in [2.75, 3.05) is 14.2 Å². The van der Waals surface area contributed by atoms with Crippen LogP contribution in [0.1, 0.15) is 80.1 Å². The number of aromatic amines is 1.